The molecule has 0 radical (unpaired) electrons. The maximum Gasteiger partial charge on any atom is 0.140 e. The van der Waals surface area contributed by atoms with Crippen molar-refractivity contribution in [1.29, 1.82) is 0 Å². The summed E-state index contributed by atoms with van der Waals surface area (Å²) in [5.41, 5.74) is 7.67. The predicted octanol–water partition coefficient (Wildman–Crippen LogP) is 1.68. The zero-order chi connectivity index (χ0) is 10.4. The van der Waals surface area contributed by atoms with Crippen molar-refractivity contribution in [3.8, 4) is 0 Å². The van der Waals surface area contributed by atoms with E-state index in [-0.39, 0.29) is 0 Å². The van der Waals surface area contributed by atoms with Gasteiger partial charge in [-0.25, -0.2) is 5.06 Å². The standard InChI is InChI=1S/C11H11N3O/c12-10-6-5-8-7-3-1-2-4-9(7)13-11(8)14(10)15/h1-6,10,13,15H,12H2. The first-order valence-corrected chi connectivity index (χ1v) is 4.80. The number of nitrogens with zero attached hydrogens (tertiary/aromatic N) is 1. The van der Waals surface area contributed by atoms with Gasteiger partial charge in [-0.3, -0.25) is 5.21 Å². The number of benzene rings is 1. The number of nitrogens with one attached hydrogen (secondary N) is 1. The summed E-state index contributed by atoms with van der Waals surface area (Å²) in [6, 6.07) is 7.91. The molecule has 1 aromatic heterocycles. The minimum atomic E-state index is -0.481. The molecule has 0 aliphatic carbocycles. The molecule has 0 amide bonds. The van der Waals surface area contributed by atoms with E-state index in [0.29, 0.717) is 5.82 Å². The Bertz CT molecular complexity index is 544. The van der Waals surface area contributed by atoms with Gasteiger partial charge in [0.05, 0.1) is 0 Å². The van der Waals surface area contributed by atoms with Crippen molar-refractivity contribution >= 4 is 22.8 Å². The summed E-state index contributed by atoms with van der Waals surface area (Å²) in [6.45, 7) is 0. The third kappa shape index (κ3) is 1.09. The van der Waals surface area contributed by atoms with Crippen LogP contribution in [0.3, 0.4) is 0 Å². The van der Waals surface area contributed by atoms with Crippen molar-refractivity contribution in [1.82, 2.24) is 4.98 Å². The van der Waals surface area contributed by atoms with Crippen LogP contribution in [-0.4, -0.2) is 16.4 Å². The first-order chi connectivity index (χ1) is 7.27. The Hall–Kier alpha value is -1.78. The van der Waals surface area contributed by atoms with Gasteiger partial charge in [0.15, 0.2) is 0 Å². The molecule has 3 rings (SSSR count). The van der Waals surface area contributed by atoms with Crippen LogP contribution in [-0.2, 0) is 0 Å². The van der Waals surface area contributed by atoms with Crippen LogP contribution in [0, 0.1) is 0 Å². The van der Waals surface area contributed by atoms with E-state index in [2.05, 4.69) is 4.98 Å². The highest BCUT2D eigenvalue weighted by molar-refractivity contribution is 5.96. The molecule has 0 spiro atoms. The summed E-state index contributed by atoms with van der Waals surface area (Å²) in [5.74, 6) is 0.659. The summed E-state index contributed by atoms with van der Waals surface area (Å²) >= 11 is 0. The second-order valence-electron chi connectivity index (χ2n) is 3.63. The molecule has 0 fully saturated rings. The number of anilines is 1. The highest BCUT2D eigenvalue weighted by Crippen LogP contribution is 2.32. The maximum atomic E-state index is 9.76. The van der Waals surface area contributed by atoms with Crippen LogP contribution in [0.4, 0.5) is 5.82 Å². The molecule has 1 aliphatic rings. The molecule has 4 nitrogen and oxygen atoms in total. The van der Waals surface area contributed by atoms with E-state index in [0.717, 1.165) is 21.5 Å². The molecule has 1 aliphatic heterocycles. The fraction of sp³-hybridized carbons (Fsp3) is 0.0909. The SMILES string of the molecule is NC1C=Cc2c([nH]c3ccccc23)N1O. The molecule has 4 heteroatoms. The molecule has 0 saturated heterocycles. The summed E-state index contributed by atoms with van der Waals surface area (Å²) in [4.78, 5) is 3.14. The number of hydroxylamine groups is 1. The minimum absolute atomic E-state index is 0.481. The van der Waals surface area contributed by atoms with Crippen molar-refractivity contribution in [2.75, 3.05) is 5.06 Å². The fourth-order valence-corrected chi connectivity index (χ4v) is 1.92. The Labute approximate surface area is 86.6 Å². The highest BCUT2D eigenvalue weighted by atomic mass is 16.5. The average Bonchev–Trinajstić information content (AvgIpc) is 2.63. The van der Waals surface area contributed by atoms with E-state index in [9.17, 15) is 5.21 Å². The molecule has 15 heavy (non-hydrogen) atoms. The topological polar surface area (TPSA) is 65.3 Å². The number of para-hydroxylation sites is 1. The number of fused-ring (bicyclic) bond motifs is 3. The summed E-state index contributed by atoms with van der Waals surface area (Å²) in [6.07, 6.45) is 3.22. The normalized spacial score (nSPS) is 19.6. The monoisotopic (exact) mass is 201 g/mol. The van der Waals surface area contributed by atoms with Gasteiger partial charge in [0.1, 0.15) is 12.0 Å². The van der Waals surface area contributed by atoms with Crippen molar-refractivity contribution in [3.05, 3.63) is 35.9 Å². The third-order valence-corrected chi connectivity index (χ3v) is 2.70. The molecule has 1 aromatic carbocycles. The lowest BCUT2D eigenvalue weighted by atomic mass is 10.1. The van der Waals surface area contributed by atoms with Crippen molar-refractivity contribution in [2.45, 2.75) is 6.17 Å². The lowest BCUT2D eigenvalue weighted by Gasteiger charge is -2.24. The number of rotatable bonds is 0. The molecule has 4 N–H and O–H groups in total. The van der Waals surface area contributed by atoms with Crippen molar-refractivity contribution < 1.29 is 5.21 Å². The molecule has 2 aromatic rings. The first-order valence-electron chi connectivity index (χ1n) is 4.80. The van der Waals surface area contributed by atoms with Gasteiger partial charge in [0.2, 0.25) is 0 Å². The van der Waals surface area contributed by atoms with Gasteiger partial charge < -0.3 is 10.7 Å². The second kappa shape index (κ2) is 2.85. The zero-order valence-electron chi connectivity index (χ0n) is 8.01. The Balaban J connectivity index is 2.33. The van der Waals surface area contributed by atoms with Gasteiger partial charge in [0.25, 0.3) is 0 Å². The van der Waals surface area contributed by atoms with E-state index in [1.165, 1.54) is 0 Å². The lowest BCUT2D eigenvalue weighted by Crippen LogP contribution is -2.39. The molecular weight excluding hydrogens is 190 g/mol. The molecule has 76 valence electrons. The Morgan fingerprint density at radius 2 is 2.13 bits per heavy atom. The highest BCUT2D eigenvalue weighted by Gasteiger charge is 2.21. The number of hydrogen-bond acceptors (Lipinski definition) is 3. The molecule has 1 atom stereocenters. The van der Waals surface area contributed by atoms with Crippen LogP contribution in [0.5, 0.6) is 0 Å². The smallest absolute Gasteiger partial charge is 0.140 e. The van der Waals surface area contributed by atoms with Gasteiger partial charge in [-0.05, 0) is 12.1 Å². The summed E-state index contributed by atoms with van der Waals surface area (Å²) in [5, 5.41) is 11.9. The summed E-state index contributed by atoms with van der Waals surface area (Å²) in [7, 11) is 0. The predicted molar refractivity (Wildman–Crippen MR) is 59.6 cm³/mol. The van der Waals surface area contributed by atoms with Crippen LogP contribution in [0.1, 0.15) is 5.56 Å². The van der Waals surface area contributed by atoms with E-state index < -0.39 is 6.17 Å². The van der Waals surface area contributed by atoms with Crippen LogP contribution in [0.2, 0.25) is 0 Å². The van der Waals surface area contributed by atoms with Gasteiger partial charge in [-0.15, -0.1) is 0 Å². The number of aromatic amines is 1. The van der Waals surface area contributed by atoms with E-state index in [4.69, 9.17) is 5.73 Å². The number of hydrogen-bond donors (Lipinski definition) is 3. The first kappa shape index (κ1) is 8.52. The maximum absolute atomic E-state index is 9.76. The Kier molecular flexibility index (Phi) is 1.62. The van der Waals surface area contributed by atoms with E-state index in [1.807, 2.05) is 30.3 Å². The van der Waals surface area contributed by atoms with Crippen LogP contribution in [0.25, 0.3) is 17.0 Å². The molecule has 1 unspecified atom stereocenters. The van der Waals surface area contributed by atoms with Gasteiger partial charge >= 0.3 is 0 Å². The number of aromatic nitrogens is 1. The van der Waals surface area contributed by atoms with E-state index >= 15 is 0 Å². The minimum Gasteiger partial charge on any atom is -0.339 e. The Morgan fingerprint density at radius 1 is 1.33 bits per heavy atom. The molecule has 2 heterocycles. The largest absolute Gasteiger partial charge is 0.339 e. The fourth-order valence-electron chi connectivity index (χ4n) is 1.92. The second-order valence-corrected chi connectivity index (χ2v) is 3.63. The number of nitrogens with two attached hydrogens (primary N) is 1. The quantitative estimate of drug-likeness (QED) is 0.607. The van der Waals surface area contributed by atoms with Gasteiger partial charge in [-0.2, -0.15) is 0 Å². The van der Waals surface area contributed by atoms with Gasteiger partial charge in [0, 0.05) is 16.5 Å². The number of H-pyrrole nitrogens is 1. The average molecular weight is 201 g/mol. The summed E-state index contributed by atoms with van der Waals surface area (Å²) < 4.78 is 0. The zero-order valence-corrected chi connectivity index (χ0v) is 8.01. The van der Waals surface area contributed by atoms with E-state index in [1.54, 1.807) is 6.08 Å². The Morgan fingerprint density at radius 3 is 3.00 bits per heavy atom. The van der Waals surface area contributed by atoms with Crippen LogP contribution in [0.15, 0.2) is 30.3 Å². The molecular formula is C11H11N3O. The third-order valence-electron chi connectivity index (χ3n) is 2.70. The van der Waals surface area contributed by atoms with Crippen molar-refractivity contribution in [2.24, 2.45) is 5.73 Å². The lowest BCUT2D eigenvalue weighted by molar-refractivity contribution is 0.230. The van der Waals surface area contributed by atoms with Crippen LogP contribution < -0.4 is 10.8 Å². The van der Waals surface area contributed by atoms with Crippen LogP contribution >= 0.6 is 0 Å². The molecule has 0 bridgehead atoms. The van der Waals surface area contributed by atoms with Gasteiger partial charge in [-0.1, -0.05) is 24.3 Å². The molecule has 0 saturated carbocycles. The van der Waals surface area contributed by atoms with Crippen molar-refractivity contribution in [3.63, 3.8) is 0 Å².